The summed E-state index contributed by atoms with van der Waals surface area (Å²) in [5.41, 5.74) is 11.7. The molecule has 0 spiro atoms. The molecule has 0 radical (unpaired) electrons. The quantitative estimate of drug-likeness (QED) is 0.446. The minimum atomic E-state index is -3.67. The molecule has 2 aromatic heterocycles. The molecular weight excluding hydrogens is 433 g/mol. The molecule has 4 aromatic rings. The number of imidazole rings is 2. The van der Waals surface area contributed by atoms with Gasteiger partial charge in [-0.15, -0.1) is 0 Å². The molecule has 0 atom stereocenters. The van der Waals surface area contributed by atoms with E-state index in [0.717, 1.165) is 40.1 Å². The minimum Gasteiger partial charge on any atom is -0.369 e. The van der Waals surface area contributed by atoms with Crippen LogP contribution in [0.15, 0.2) is 48.8 Å². The standard InChI is InChI=1S/C21H22FN5.CH4O3S/c1-13(2)11-27-18-10-15(6-9-17(18)25-21(27)23)20-19(24-12-26(20)3)14-4-7-16(22)8-5-14;1-5(2,3)4/h4-10,12-13H,11H2,1-3H3,(H2,23,25);1H3,(H,2,3,4). The first-order valence-corrected chi connectivity index (χ1v) is 11.7. The summed E-state index contributed by atoms with van der Waals surface area (Å²) in [7, 11) is -1.71. The number of nitrogen functional groups attached to an aromatic ring is 1. The van der Waals surface area contributed by atoms with E-state index < -0.39 is 10.1 Å². The van der Waals surface area contributed by atoms with Gasteiger partial charge in [0.15, 0.2) is 0 Å². The Kier molecular flexibility index (Phi) is 6.65. The lowest BCUT2D eigenvalue weighted by atomic mass is 10.0. The van der Waals surface area contributed by atoms with Crippen molar-refractivity contribution < 1.29 is 17.4 Å². The molecule has 0 aliphatic rings. The maximum absolute atomic E-state index is 13.3. The molecule has 10 heteroatoms. The molecule has 2 aromatic carbocycles. The second-order valence-electron chi connectivity index (χ2n) is 7.97. The molecule has 32 heavy (non-hydrogen) atoms. The Labute approximate surface area is 186 Å². The van der Waals surface area contributed by atoms with Gasteiger partial charge in [-0.1, -0.05) is 19.9 Å². The molecule has 0 aliphatic carbocycles. The van der Waals surface area contributed by atoms with E-state index in [4.69, 9.17) is 10.3 Å². The fourth-order valence-corrected chi connectivity index (χ4v) is 3.44. The van der Waals surface area contributed by atoms with Crippen molar-refractivity contribution in [1.82, 2.24) is 19.1 Å². The monoisotopic (exact) mass is 459 g/mol. The topological polar surface area (TPSA) is 116 Å². The predicted molar refractivity (Wildman–Crippen MR) is 124 cm³/mol. The molecule has 0 aliphatic heterocycles. The third-order valence-corrected chi connectivity index (χ3v) is 4.65. The van der Waals surface area contributed by atoms with Crippen molar-refractivity contribution in [2.75, 3.05) is 12.0 Å². The Morgan fingerprint density at radius 2 is 1.72 bits per heavy atom. The molecule has 0 amide bonds. The molecule has 0 unspecified atom stereocenters. The summed E-state index contributed by atoms with van der Waals surface area (Å²) in [5, 5.41) is 0. The molecule has 170 valence electrons. The number of nitrogens with two attached hydrogens (primary N) is 1. The van der Waals surface area contributed by atoms with Crippen molar-refractivity contribution in [1.29, 1.82) is 0 Å². The van der Waals surface area contributed by atoms with Crippen LogP contribution in [0.5, 0.6) is 0 Å². The number of benzene rings is 2. The minimum absolute atomic E-state index is 0.259. The molecule has 0 bridgehead atoms. The highest BCUT2D eigenvalue weighted by atomic mass is 32.2. The van der Waals surface area contributed by atoms with Gasteiger partial charge in [0.25, 0.3) is 10.1 Å². The van der Waals surface area contributed by atoms with E-state index in [9.17, 15) is 12.8 Å². The number of aromatic nitrogens is 4. The first-order chi connectivity index (χ1) is 14.9. The van der Waals surface area contributed by atoms with Gasteiger partial charge < -0.3 is 14.9 Å². The zero-order chi connectivity index (χ0) is 23.6. The molecule has 3 N–H and O–H groups in total. The van der Waals surface area contributed by atoms with E-state index in [0.29, 0.717) is 18.1 Å². The van der Waals surface area contributed by atoms with E-state index in [1.165, 1.54) is 12.1 Å². The average Bonchev–Trinajstić information content (AvgIpc) is 3.20. The van der Waals surface area contributed by atoms with Crippen molar-refractivity contribution in [3.8, 4) is 22.5 Å². The Bertz CT molecular complexity index is 1330. The van der Waals surface area contributed by atoms with Crippen LogP contribution < -0.4 is 5.73 Å². The lowest BCUT2D eigenvalue weighted by molar-refractivity contribution is 0.490. The predicted octanol–water partition coefficient (Wildman–Crippen LogP) is 3.99. The molecule has 2 heterocycles. The van der Waals surface area contributed by atoms with Crippen LogP contribution >= 0.6 is 0 Å². The number of hydrogen-bond donors (Lipinski definition) is 2. The fourth-order valence-electron chi connectivity index (χ4n) is 3.44. The smallest absolute Gasteiger partial charge is 0.261 e. The van der Waals surface area contributed by atoms with Crippen molar-refractivity contribution in [3.63, 3.8) is 0 Å². The second kappa shape index (κ2) is 9.09. The number of rotatable bonds is 4. The molecule has 0 fully saturated rings. The molecular formula is C22H26FN5O3S. The highest BCUT2D eigenvalue weighted by Gasteiger charge is 2.16. The van der Waals surface area contributed by atoms with Crippen LogP contribution in [-0.2, 0) is 23.7 Å². The Morgan fingerprint density at radius 1 is 1.12 bits per heavy atom. The molecule has 0 saturated carbocycles. The van der Waals surface area contributed by atoms with Crippen LogP contribution in [0.4, 0.5) is 10.3 Å². The highest BCUT2D eigenvalue weighted by Crippen LogP contribution is 2.33. The summed E-state index contributed by atoms with van der Waals surface area (Å²) < 4.78 is 43.2. The summed E-state index contributed by atoms with van der Waals surface area (Å²) in [6.07, 6.45) is 2.49. The van der Waals surface area contributed by atoms with Crippen molar-refractivity contribution in [2.45, 2.75) is 20.4 Å². The van der Waals surface area contributed by atoms with Gasteiger partial charge in [0.05, 0.1) is 35.0 Å². The lowest BCUT2D eigenvalue weighted by Crippen LogP contribution is -2.07. The fraction of sp³-hybridized carbons (Fsp3) is 0.273. The highest BCUT2D eigenvalue weighted by molar-refractivity contribution is 7.85. The van der Waals surface area contributed by atoms with Gasteiger partial charge >= 0.3 is 0 Å². The maximum atomic E-state index is 13.3. The number of hydrogen-bond acceptors (Lipinski definition) is 5. The first-order valence-electron chi connectivity index (χ1n) is 9.90. The molecule has 0 saturated heterocycles. The third kappa shape index (κ3) is 5.51. The van der Waals surface area contributed by atoms with Gasteiger partial charge in [-0.25, -0.2) is 14.4 Å². The van der Waals surface area contributed by atoms with E-state index >= 15 is 0 Å². The number of anilines is 1. The maximum Gasteiger partial charge on any atom is 0.261 e. The lowest BCUT2D eigenvalue weighted by Gasteiger charge is -2.11. The Hall–Kier alpha value is -3.24. The number of halogens is 1. The summed E-state index contributed by atoms with van der Waals surface area (Å²) in [6.45, 7) is 5.12. The Morgan fingerprint density at radius 3 is 2.31 bits per heavy atom. The third-order valence-electron chi connectivity index (χ3n) is 4.65. The number of fused-ring (bicyclic) bond motifs is 1. The van der Waals surface area contributed by atoms with Gasteiger partial charge in [0.2, 0.25) is 5.95 Å². The van der Waals surface area contributed by atoms with Crippen LogP contribution in [0.3, 0.4) is 0 Å². The normalized spacial score (nSPS) is 11.6. The Balaban J connectivity index is 0.000000523. The van der Waals surface area contributed by atoms with E-state index in [-0.39, 0.29) is 5.82 Å². The van der Waals surface area contributed by atoms with Crippen molar-refractivity contribution in [3.05, 3.63) is 54.6 Å². The van der Waals surface area contributed by atoms with Crippen LogP contribution in [0.1, 0.15) is 13.8 Å². The summed E-state index contributed by atoms with van der Waals surface area (Å²) in [5.74, 6) is 0.727. The van der Waals surface area contributed by atoms with Crippen molar-refractivity contribution >= 4 is 27.1 Å². The van der Waals surface area contributed by atoms with E-state index in [1.54, 1.807) is 18.5 Å². The average molecular weight is 460 g/mol. The summed E-state index contributed by atoms with van der Waals surface area (Å²) in [4.78, 5) is 9.02. The van der Waals surface area contributed by atoms with E-state index in [1.807, 2.05) is 23.7 Å². The van der Waals surface area contributed by atoms with Gasteiger partial charge in [0, 0.05) is 24.7 Å². The van der Waals surface area contributed by atoms with Gasteiger partial charge in [-0.2, -0.15) is 8.42 Å². The van der Waals surface area contributed by atoms with Crippen LogP contribution in [0, 0.1) is 11.7 Å². The molecule has 8 nitrogen and oxygen atoms in total. The second-order valence-corrected chi connectivity index (χ2v) is 9.44. The van der Waals surface area contributed by atoms with Crippen LogP contribution in [0.25, 0.3) is 33.5 Å². The number of aryl methyl sites for hydroxylation is 1. The zero-order valence-electron chi connectivity index (χ0n) is 18.3. The number of nitrogens with zero attached hydrogens (tertiary/aromatic N) is 4. The van der Waals surface area contributed by atoms with Gasteiger partial charge in [-0.05, 0) is 42.3 Å². The van der Waals surface area contributed by atoms with Crippen LogP contribution in [0.2, 0.25) is 0 Å². The van der Waals surface area contributed by atoms with Gasteiger partial charge in [0.1, 0.15) is 5.82 Å². The van der Waals surface area contributed by atoms with Crippen molar-refractivity contribution in [2.24, 2.45) is 13.0 Å². The van der Waals surface area contributed by atoms with Crippen LogP contribution in [-0.4, -0.2) is 38.3 Å². The SMILES string of the molecule is CC(C)Cn1c(N)nc2ccc(-c3c(-c4ccc(F)cc4)ncn3C)cc21.CS(=O)(=O)O. The van der Waals surface area contributed by atoms with E-state index in [2.05, 4.69) is 34.4 Å². The summed E-state index contributed by atoms with van der Waals surface area (Å²) >= 11 is 0. The van der Waals surface area contributed by atoms with Gasteiger partial charge in [-0.3, -0.25) is 4.55 Å². The zero-order valence-corrected chi connectivity index (χ0v) is 19.1. The summed E-state index contributed by atoms with van der Waals surface area (Å²) in [6, 6.07) is 12.5. The largest absolute Gasteiger partial charge is 0.369 e. The first kappa shape index (κ1) is 23.4. The molecule has 4 rings (SSSR count).